The molecule has 0 aliphatic heterocycles. The van der Waals surface area contributed by atoms with Crippen molar-refractivity contribution >= 4 is 27.7 Å². The Hall–Kier alpha value is -1.07. The average molecular weight is 316 g/mol. The molecule has 0 aliphatic carbocycles. The summed E-state index contributed by atoms with van der Waals surface area (Å²) in [7, 11) is 0. The molecule has 0 aromatic heterocycles. The molecule has 18 heavy (non-hydrogen) atoms. The second kappa shape index (κ2) is 6.20. The molecule has 0 atom stereocenters. The van der Waals surface area contributed by atoms with Crippen LogP contribution >= 0.6 is 15.9 Å². The van der Waals surface area contributed by atoms with Crippen LogP contribution in [-0.2, 0) is 11.2 Å². The van der Waals surface area contributed by atoms with Crippen LogP contribution in [0.2, 0.25) is 0 Å². The molecule has 1 aromatic carbocycles. The van der Waals surface area contributed by atoms with Crippen LogP contribution in [0.5, 0.6) is 0 Å². The Bertz CT molecular complexity index is 427. The van der Waals surface area contributed by atoms with Crippen LogP contribution in [0, 0.1) is 0 Å². The van der Waals surface area contributed by atoms with Gasteiger partial charge in [0.25, 0.3) is 0 Å². The van der Waals surface area contributed by atoms with Crippen molar-refractivity contribution in [3.8, 4) is 0 Å². The van der Waals surface area contributed by atoms with Gasteiger partial charge in [-0.15, -0.1) is 0 Å². The molecule has 1 amide bonds. The van der Waals surface area contributed by atoms with Gasteiger partial charge >= 0.3 is 6.09 Å². The van der Waals surface area contributed by atoms with Gasteiger partial charge in [-0.25, -0.2) is 4.79 Å². The van der Waals surface area contributed by atoms with Gasteiger partial charge in [-0.2, -0.15) is 0 Å². The van der Waals surface area contributed by atoms with Crippen molar-refractivity contribution in [1.29, 1.82) is 0 Å². The number of carbonyl (C=O) groups is 1. The van der Waals surface area contributed by atoms with E-state index in [1.54, 1.807) is 6.07 Å². The maximum absolute atomic E-state index is 11.7. The van der Waals surface area contributed by atoms with Crippen LogP contribution in [0.3, 0.4) is 0 Å². The monoisotopic (exact) mass is 315 g/mol. The van der Waals surface area contributed by atoms with E-state index in [1.807, 2.05) is 32.9 Å². The maximum atomic E-state index is 11.7. The molecule has 0 unspecified atom stereocenters. The van der Waals surface area contributed by atoms with Crippen molar-refractivity contribution in [3.05, 3.63) is 28.2 Å². The Morgan fingerprint density at radius 1 is 1.44 bits per heavy atom. The second-order valence-electron chi connectivity index (χ2n) is 4.90. The topological polar surface area (TPSA) is 58.6 Å². The SMILES string of the molecule is CC(C)(C)OC(=O)Nc1ccc(Br)cc1CCO. The van der Waals surface area contributed by atoms with Gasteiger partial charge in [0.1, 0.15) is 5.60 Å². The van der Waals surface area contributed by atoms with Crippen molar-refractivity contribution in [1.82, 2.24) is 0 Å². The number of nitrogens with one attached hydrogen (secondary N) is 1. The van der Waals surface area contributed by atoms with Gasteiger partial charge in [0.05, 0.1) is 0 Å². The summed E-state index contributed by atoms with van der Waals surface area (Å²) in [6.45, 7) is 5.45. The minimum atomic E-state index is -0.531. The molecule has 1 aromatic rings. The third-order valence-electron chi connectivity index (χ3n) is 2.08. The molecule has 5 heteroatoms. The number of aliphatic hydroxyl groups excluding tert-OH is 1. The molecule has 4 nitrogen and oxygen atoms in total. The highest BCUT2D eigenvalue weighted by Gasteiger charge is 2.17. The van der Waals surface area contributed by atoms with E-state index >= 15 is 0 Å². The Morgan fingerprint density at radius 3 is 2.67 bits per heavy atom. The van der Waals surface area contributed by atoms with Gasteiger partial charge < -0.3 is 9.84 Å². The molecule has 0 saturated carbocycles. The van der Waals surface area contributed by atoms with Crippen LogP contribution in [0.4, 0.5) is 10.5 Å². The predicted octanol–water partition coefficient (Wildman–Crippen LogP) is 3.33. The number of rotatable bonds is 3. The lowest BCUT2D eigenvalue weighted by atomic mass is 10.1. The maximum Gasteiger partial charge on any atom is 0.412 e. The molecule has 0 fully saturated rings. The number of aliphatic hydroxyl groups is 1. The van der Waals surface area contributed by atoms with E-state index in [0.717, 1.165) is 10.0 Å². The highest BCUT2D eigenvalue weighted by atomic mass is 79.9. The van der Waals surface area contributed by atoms with Crippen LogP contribution in [-0.4, -0.2) is 23.4 Å². The first kappa shape index (κ1) is 15.0. The van der Waals surface area contributed by atoms with E-state index in [1.165, 1.54) is 0 Å². The molecular weight excluding hydrogens is 298 g/mol. The van der Waals surface area contributed by atoms with Crippen molar-refractivity contribution in [2.24, 2.45) is 0 Å². The lowest BCUT2D eigenvalue weighted by Gasteiger charge is -2.20. The Kier molecular flexibility index (Phi) is 5.16. The number of carbonyl (C=O) groups excluding carboxylic acids is 1. The summed E-state index contributed by atoms with van der Waals surface area (Å²) in [4.78, 5) is 11.7. The zero-order valence-corrected chi connectivity index (χ0v) is 12.4. The molecule has 0 radical (unpaired) electrons. The lowest BCUT2D eigenvalue weighted by Crippen LogP contribution is -2.27. The van der Waals surface area contributed by atoms with Gasteiger partial charge in [0, 0.05) is 16.8 Å². The molecule has 1 rings (SSSR count). The van der Waals surface area contributed by atoms with Gasteiger partial charge in [0.2, 0.25) is 0 Å². The minimum Gasteiger partial charge on any atom is -0.444 e. The number of hydrogen-bond acceptors (Lipinski definition) is 3. The fourth-order valence-corrected chi connectivity index (χ4v) is 1.83. The normalized spacial score (nSPS) is 11.2. The van der Waals surface area contributed by atoms with E-state index in [9.17, 15) is 4.79 Å². The van der Waals surface area contributed by atoms with Crippen molar-refractivity contribution in [2.45, 2.75) is 32.8 Å². The summed E-state index contributed by atoms with van der Waals surface area (Å²) in [5.41, 5.74) is 0.982. The summed E-state index contributed by atoms with van der Waals surface area (Å²) >= 11 is 3.36. The van der Waals surface area contributed by atoms with Crippen molar-refractivity contribution in [2.75, 3.05) is 11.9 Å². The molecular formula is C13H18BrNO3. The number of benzene rings is 1. The summed E-state index contributed by atoms with van der Waals surface area (Å²) in [5.74, 6) is 0. The first-order valence-corrected chi connectivity index (χ1v) is 6.50. The third-order valence-corrected chi connectivity index (χ3v) is 2.58. The zero-order chi connectivity index (χ0) is 13.8. The van der Waals surface area contributed by atoms with E-state index < -0.39 is 11.7 Å². The number of anilines is 1. The molecule has 0 spiro atoms. The van der Waals surface area contributed by atoms with E-state index in [4.69, 9.17) is 9.84 Å². The van der Waals surface area contributed by atoms with Crippen LogP contribution in [0.1, 0.15) is 26.3 Å². The van der Waals surface area contributed by atoms with Crippen LogP contribution in [0.15, 0.2) is 22.7 Å². The average Bonchev–Trinajstić information content (AvgIpc) is 2.20. The minimum absolute atomic E-state index is 0.0272. The number of hydrogen-bond donors (Lipinski definition) is 2. The van der Waals surface area contributed by atoms with Gasteiger partial charge in [-0.3, -0.25) is 5.32 Å². The fraction of sp³-hybridized carbons (Fsp3) is 0.462. The quantitative estimate of drug-likeness (QED) is 0.899. The highest BCUT2D eigenvalue weighted by Crippen LogP contribution is 2.22. The molecule has 100 valence electrons. The highest BCUT2D eigenvalue weighted by molar-refractivity contribution is 9.10. The summed E-state index contributed by atoms with van der Waals surface area (Å²) < 4.78 is 6.08. The van der Waals surface area contributed by atoms with Crippen LogP contribution < -0.4 is 5.32 Å². The van der Waals surface area contributed by atoms with Gasteiger partial charge in [0.15, 0.2) is 0 Å². The Labute approximate surface area is 115 Å². The fourth-order valence-electron chi connectivity index (χ4n) is 1.43. The smallest absolute Gasteiger partial charge is 0.412 e. The number of halogens is 1. The molecule has 2 N–H and O–H groups in total. The molecule has 0 heterocycles. The Balaban J connectivity index is 2.80. The van der Waals surface area contributed by atoms with E-state index in [2.05, 4.69) is 21.2 Å². The van der Waals surface area contributed by atoms with Gasteiger partial charge in [-0.05, 0) is 51.0 Å². The number of ether oxygens (including phenoxy) is 1. The first-order valence-electron chi connectivity index (χ1n) is 5.71. The predicted molar refractivity (Wildman–Crippen MR) is 74.8 cm³/mol. The molecule has 0 saturated heterocycles. The second-order valence-corrected chi connectivity index (χ2v) is 5.82. The summed E-state index contributed by atoms with van der Waals surface area (Å²) in [5, 5.41) is 11.7. The van der Waals surface area contributed by atoms with Crippen molar-refractivity contribution < 1.29 is 14.6 Å². The zero-order valence-electron chi connectivity index (χ0n) is 10.8. The largest absolute Gasteiger partial charge is 0.444 e. The van der Waals surface area contributed by atoms with E-state index in [-0.39, 0.29) is 6.61 Å². The molecule has 0 bridgehead atoms. The molecule has 0 aliphatic rings. The Morgan fingerprint density at radius 2 is 2.11 bits per heavy atom. The number of amides is 1. The standard InChI is InChI=1S/C13H18BrNO3/c1-13(2,3)18-12(17)15-11-5-4-10(14)8-9(11)6-7-16/h4-5,8,16H,6-7H2,1-3H3,(H,15,17). The van der Waals surface area contributed by atoms with Crippen LogP contribution in [0.25, 0.3) is 0 Å². The lowest BCUT2D eigenvalue weighted by molar-refractivity contribution is 0.0635. The van der Waals surface area contributed by atoms with E-state index in [0.29, 0.717) is 12.1 Å². The summed E-state index contributed by atoms with van der Waals surface area (Å²) in [6.07, 6.45) is -0.0195. The summed E-state index contributed by atoms with van der Waals surface area (Å²) in [6, 6.07) is 5.47. The first-order chi connectivity index (χ1) is 8.31. The van der Waals surface area contributed by atoms with Gasteiger partial charge in [-0.1, -0.05) is 15.9 Å². The van der Waals surface area contributed by atoms with Crippen molar-refractivity contribution in [3.63, 3.8) is 0 Å². The third kappa shape index (κ3) is 5.06.